The molecule has 0 spiro atoms. The molecule has 0 fully saturated rings. The third-order valence-corrected chi connectivity index (χ3v) is 2.98. The Bertz CT molecular complexity index is 428. The van der Waals surface area contributed by atoms with E-state index in [1.54, 1.807) is 21.0 Å². The first-order chi connectivity index (χ1) is 7.95. The van der Waals surface area contributed by atoms with E-state index in [1.807, 2.05) is 0 Å². The molecule has 0 saturated heterocycles. The van der Waals surface area contributed by atoms with Crippen molar-refractivity contribution in [3.8, 4) is 0 Å². The van der Waals surface area contributed by atoms with Gasteiger partial charge in [-0.1, -0.05) is 11.3 Å². The van der Waals surface area contributed by atoms with Gasteiger partial charge in [0.1, 0.15) is 11.5 Å². The monoisotopic (exact) mass is 257 g/mol. The Kier molecular flexibility index (Phi) is 4.59. The normalized spacial score (nSPS) is 10.1. The first kappa shape index (κ1) is 13.6. The van der Waals surface area contributed by atoms with E-state index in [0.29, 0.717) is 15.7 Å². The lowest BCUT2D eigenvalue weighted by atomic mass is 10.3. The smallest absolute Gasteiger partial charge is 0.265 e. The number of carbonyl (C=O) groups is 2. The predicted octanol–water partition coefficient (Wildman–Crippen LogP) is 0.738. The first-order valence-corrected chi connectivity index (χ1v) is 5.75. The summed E-state index contributed by atoms with van der Waals surface area (Å²) >= 11 is 1.16. The van der Waals surface area contributed by atoms with Gasteiger partial charge in [0.15, 0.2) is 5.13 Å². The van der Waals surface area contributed by atoms with Crippen LogP contribution in [0.2, 0.25) is 0 Å². The zero-order chi connectivity index (χ0) is 13.0. The zero-order valence-electron chi connectivity index (χ0n) is 10.2. The lowest BCUT2D eigenvalue weighted by Crippen LogP contribution is -2.21. The third kappa shape index (κ3) is 3.50. The van der Waals surface area contributed by atoms with Crippen LogP contribution in [0.25, 0.3) is 0 Å². The van der Waals surface area contributed by atoms with Gasteiger partial charge in [-0.15, -0.1) is 0 Å². The van der Waals surface area contributed by atoms with Crippen molar-refractivity contribution < 1.29 is 14.3 Å². The molecule has 0 aliphatic rings. The highest BCUT2D eigenvalue weighted by molar-refractivity contribution is 7.17. The molecule has 1 heterocycles. The molecular formula is C10H15N3O3S. The molecule has 1 aromatic heterocycles. The molecule has 0 saturated carbocycles. The summed E-state index contributed by atoms with van der Waals surface area (Å²) in [5.74, 6) is -0.405. The minimum atomic E-state index is -0.287. The predicted molar refractivity (Wildman–Crippen MR) is 65.4 cm³/mol. The average Bonchev–Trinajstić information content (AvgIpc) is 2.58. The van der Waals surface area contributed by atoms with Gasteiger partial charge in [0.05, 0.1) is 5.69 Å². The first-order valence-electron chi connectivity index (χ1n) is 4.93. The van der Waals surface area contributed by atoms with Crippen molar-refractivity contribution >= 4 is 28.3 Å². The largest absolute Gasteiger partial charge is 0.375 e. The minimum absolute atomic E-state index is 0.0322. The summed E-state index contributed by atoms with van der Waals surface area (Å²) in [5.41, 5.74) is 0.612. The maximum Gasteiger partial charge on any atom is 0.265 e. The van der Waals surface area contributed by atoms with Gasteiger partial charge in [0.25, 0.3) is 11.8 Å². The molecule has 7 heteroatoms. The molecule has 1 rings (SSSR count). The Morgan fingerprint density at radius 1 is 1.47 bits per heavy atom. The summed E-state index contributed by atoms with van der Waals surface area (Å²) in [5, 5.41) is 2.98. The van der Waals surface area contributed by atoms with Gasteiger partial charge >= 0.3 is 0 Å². The molecule has 1 N–H and O–H groups in total. The summed E-state index contributed by atoms with van der Waals surface area (Å²) in [6.07, 6.45) is 0. The fourth-order valence-electron chi connectivity index (χ4n) is 1.14. The number of thiazole rings is 1. The summed E-state index contributed by atoms with van der Waals surface area (Å²) in [4.78, 5) is 29.1. The highest BCUT2D eigenvalue weighted by Crippen LogP contribution is 2.23. The zero-order valence-corrected chi connectivity index (χ0v) is 11.1. The Labute approximate surface area is 104 Å². The van der Waals surface area contributed by atoms with Gasteiger partial charge in [-0.25, -0.2) is 4.98 Å². The maximum absolute atomic E-state index is 11.7. The van der Waals surface area contributed by atoms with Crippen LogP contribution in [0.15, 0.2) is 0 Å². The van der Waals surface area contributed by atoms with Crippen molar-refractivity contribution in [2.75, 3.05) is 33.1 Å². The summed E-state index contributed by atoms with van der Waals surface area (Å²) < 4.78 is 4.69. The molecule has 0 aliphatic carbocycles. The Morgan fingerprint density at radius 3 is 2.65 bits per heavy atom. The number of amides is 2. The van der Waals surface area contributed by atoms with Crippen molar-refractivity contribution in [2.45, 2.75) is 6.92 Å². The molecule has 0 bridgehead atoms. The van der Waals surface area contributed by atoms with Crippen molar-refractivity contribution in [1.29, 1.82) is 0 Å². The second kappa shape index (κ2) is 5.74. The fourth-order valence-corrected chi connectivity index (χ4v) is 2.14. The molecule has 1 aromatic rings. The molecule has 0 atom stereocenters. The summed E-state index contributed by atoms with van der Waals surface area (Å²) in [6, 6.07) is 0. The van der Waals surface area contributed by atoms with Crippen molar-refractivity contribution in [2.24, 2.45) is 0 Å². The van der Waals surface area contributed by atoms with Gasteiger partial charge in [-0.2, -0.15) is 0 Å². The lowest BCUT2D eigenvalue weighted by molar-refractivity contribution is -0.119. The van der Waals surface area contributed by atoms with Crippen LogP contribution in [0.3, 0.4) is 0 Å². The summed E-state index contributed by atoms with van der Waals surface area (Å²) in [6.45, 7) is 1.70. The number of hydrogen-bond acceptors (Lipinski definition) is 5. The highest BCUT2D eigenvalue weighted by atomic mass is 32.1. The second-order valence-electron chi connectivity index (χ2n) is 3.61. The summed E-state index contributed by atoms with van der Waals surface area (Å²) in [7, 11) is 4.78. The number of aromatic nitrogens is 1. The number of nitrogens with one attached hydrogen (secondary N) is 1. The molecule has 2 amide bonds. The van der Waals surface area contributed by atoms with Gasteiger partial charge in [-0.05, 0) is 6.92 Å². The van der Waals surface area contributed by atoms with E-state index in [4.69, 9.17) is 0 Å². The van der Waals surface area contributed by atoms with Crippen LogP contribution in [0, 0.1) is 6.92 Å². The van der Waals surface area contributed by atoms with E-state index < -0.39 is 0 Å². The number of carbonyl (C=O) groups excluding carboxylic acids is 2. The van der Waals surface area contributed by atoms with Crippen LogP contribution in [0.5, 0.6) is 0 Å². The van der Waals surface area contributed by atoms with E-state index in [9.17, 15) is 9.59 Å². The standard InChI is InChI=1S/C10H15N3O3S/c1-6-8(9(15)13(2)3)17-10(11-6)12-7(14)5-16-4/h5H2,1-4H3,(H,11,12,14). The van der Waals surface area contributed by atoms with E-state index in [2.05, 4.69) is 15.0 Å². The third-order valence-electron chi connectivity index (χ3n) is 1.92. The lowest BCUT2D eigenvalue weighted by Gasteiger charge is -2.07. The van der Waals surface area contributed by atoms with Crippen LogP contribution < -0.4 is 5.32 Å². The Balaban J connectivity index is 2.81. The van der Waals surface area contributed by atoms with Gasteiger partial charge < -0.3 is 9.64 Å². The molecule has 94 valence electrons. The fraction of sp³-hybridized carbons (Fsp3) is 0.500. The van der Waals surface area contributed by atoms with E-state index in [0.717, 1.165) is 11.3 Å². The van der Waals surface area contributed by atoms with Crippen molar-refractivity contribution in [3.05, 3.63) is 10.6 Å². The quantitative estimate of drug-likeness (QED) is 0.863. The molecule has 0 unspecified atom stereocenters. The molecule has 17 heavy (non-hydrogen) atoms. The number of aryl methyl sites for hydroxylation is 1. The number of nitrogens with zero attached hydrogens (tertiary/aromatic N) is 2. The Morgan fingerprint density at radius 2 is 2.12 bits per heavy atom. The van der Waals surface area contributed by atoms with Gasteiger partial charge in [0, 0.05) is 21.2 Å². The molecule has 6 nitrogen and oxygen atoms in total. The molecule has 0 aromatic carbocycles. The van der Waals surface area contributed by atoms with E-state index in [1.165, 1.54) is 12.0 Å². The second-order valence-corrected chi connectivity index (χ2v) is 4.61. The highest BCUT2D eigenvalue weighted by Gasteiger charge is 2.17. The van der Waals surface area contributed by atoms with Crippen LogP contribution in [0.4, 0.5) is 5.13 Å². The maximum atomic E-state index is 11.7. The van der Waals surface area contributed by atoms with E-state index in [-0.39, 0.29) is 18.4 Å². The number of rotatable bonds is 4. The minimum Gasteiger partial charge on any atom is -0.375 e. The molecule has 0 radical (unpaired) electrons. The van der Waals surface area contributed by atoms with Gasteiger partial charge in [-0.3, -0.25) is 14.9 Å². The van der Waals surface area contributed by atoms with Crippen LogP contribution >= 0.6 is 11.3 Å². The van der Waals surface area contributed by atoms with Crippen LogP contribution in [-0.2, 0) is 9.53 Å². The molecular weight excluding hydrogens is 242 g/mol. The SMILES string of the molecule is COCC(=O)Nc1nc(C)c(C(=O)N(C)C)s1. The Hall–Kier alpha value is -1.47. The van der Waals surface area contributed by atoms with E-state index >= 15 is 0 Å². The number of anilines is 1. The molecule has 0 aliphatic heterocycles. The van der Waals surface area contributed by atoms with Gasteiger partial charge in [0.2, 0.25) is 0 Å². The average molecular weight is 257 g/mol. The number of methoxy groups -OCH3 is 1. The number of hydrogen-bond donors (Lipinski definition) is 1. The number of ether oxygens (including phenoxy) is 1. The van der Waals surface area contributed by atoms with Crippen molar-refractivity contribution in [3.63, 3.8) is 0 Å². The topological polar surface area (TPSA) is 71.5 Å². The van der Waals surface area contributed by atoms with Crippen molar-refractivity contribution in [1.82, 2.24) is 9.88 Å². The van der Waals surface area contributed by atoms with Crippen LogP contribution in [0.1, 0.15) is 15.4 Å². The van der Waals surface area contributed by atoms with Crippen LogP contribution in [-0.4, -0.2) is 49.5 Å².